The zero-order valence-electron chi connectivity index (χ0n) is 13.6. The van der Waals surface area contributed by atoms with Crippen LogP contribution in [-0.2, 0) is 12.8 Å². The van der Waals surface area contributed by atoms with Crippen molar-refractivity contribution in [3.8, 4) is 0 Å². The van der Waals surface area contributed by atoms with Gasteiger partial charge in [0.25, 0.3) is 0 Å². The van der Waals surface area contributed by atoms with Gasteiger partial charge in [0.1, 0.15) is 0 Å². The van der Waals surface area contributed by atoms with E-state index in [0.29, 0.717) is 0 Å². The highest BCUT2D eigenvalue weighted by Gasteiger charge is 2.15. The van der Waals surface area contributed by atoms with Crippen LogP contribution in [0.25, 0.3) is 0 Å². The zero-order valence-corrected chi connectivity index (χ0v) is 13.6. The molecule has 2 N–H and O–H groups in total. The number of hydrogen-bond acceptors (Lipinski definition) is 1. The molecule has 22 heavy (non-hydrogen) atoms. The molecule has 0 amide bonds. The molecule has 1 heteroatoms. The van der Waals surface area contributed by atoms with Crippen molar-refractivity contribution in [3.63, 3.8) is 0 Å². The van der Waals surface area contributed by atoms with Gasteiger partial charge in [-0.05, 0) is 59.9 Å². The van der Waals surface area contributed by atoms with E-state index in [1.165, 1.54) is 54.4 Å². The van der Waals surface area contributed by atoms with E-state index < -0.39 is 0 Å². The second kappa shape index (κ2) is 7.00. The Labute approximate surface area is 134 Å². The van der Waals surface area contributed by atoms with Crippen LogP contribution in [0.3, 0.4) is 0 Å². The summed E-state index contributed by atoms with van der Waals surface area (Å²) in [6.45, 7) is 2.16. The molecule has 0 aromatic heterocycles. The molecular formula is C21H27N. The maximum absolute atomic E-state index is 6.00. The molecule has 2 aromatic carbocycles. The smallest absolute Gasteiger partial charge is 0.0346 e. The minimum absolute atomic E-state index is 0.797. The number of nitrogens with two attached hydrogens (primary N) is 1. The highest BCUT2D eigenvalue weighted by atomic mass is 14.6. The molecule has 0 radical (unpaired) electrons. The monoisotopic (exact) mass is 293 g/mol. The number of hydrogen-bond donors (Lipinski definition) is 1. The Balaban J connectivity index is 1.70. The summed E-state index contributed by atoms with van der Waals surface area (Å²) in [5, 5.41) is 0. The summed E-state index contributed by atoms with van der Waals surface area (Å²) in [7, 11) is 0. The Morgan fingerprint density at radius 1 is 0.909 bits per heavy atom. The Morgan fingerprint density at radius 3 is 2.27 bits per heavy atom. The molecule has 116 valence electrons. The van der Waals surface area contributed by atoms with Gasteiger partial charge in [-0.3, -0.25) is 0 Å². The van der Waals surface area contributed by atoms with Crippen molar-refractivity contribution in [2.75, 3.05) is 5.73 Å². The topological polar surface area (TPSA) is 26.0 Å². The Bertz CT molecular complexity index is 606. The van der Waals surface area contributed by atoms with Crippen LogP contribution in [-0.4, -0.2) is 0 Å². The van der Waals surface area contributed by atoms with E-state index in [1.807, 2.05) is 6.07 Å². The van der Waals surface area contributed by atoms with Crippen molar-refractivity contribution in [2.24, 2.45) is 0 Å². The Hall–Kier alpha value is -1.76. The molecular weight excluding hydrogens is 266 g/mol. The van der Waals surface area contributed by atoms with Gasteiger partial charge in [-0.15, -0.1) is 0 Å². The van der Waals surface area contributed by atoms with Crippen LogP contribution in [0.5, 0.6) is 0 Å². The highest BCUT2D eigenvalue weighted by Crippen LogP contribution is 2.32. The van der Waals surface area contributed by atoms with Crippen molar-refractivity contribution < 1.29 is 0 Å². The van der Waals surface area contributed by atoms with Crippen molar-refractivity contribution in [1.29, 1.82) is 0 Å². The van der Waals surface area contributed by atoms with E-state index in [1.54, 1.807) is 0 Å². The van der Waals surface area contributed by atoms with Crippen LogP contribution in [0, 0.1) is 0 Å². The first-order chi connectivity index (χ1) is 10.8. The summed E-state index contributed by atoms with van der Waals surface area (Å²) in [6.07, 6.45) is 8.97. The van der Waals surface area contributed by atoms with Crippen molar-refractivity contribution in [1.82, 2.24) is 0 Å². The maximum Gasteiger partial charge on any atom is 0.0346 e. The lowest BCUT2D eigenvalue weighted by molar-refractivity contribution is 0.443. The second-order valence-corrected chi connectivity index (χ2v) is 6.64. The number of rotatable bonds is 4. The second-order valence-electron chi connectivity index (χ2n) is 6.64. The van der Waals surface area contributed by atoms with Gasteiger partial charge in [-0.1, -0.05) is 62.6 Å². The fourth-order valence-electron chi connectivity index (χ4n) is 3.65. The molecule has 2 aromatic rings. The van der Waals surface area contributed by atoms with Gasteiger partial charge >= 0.3 is 0 Å². The summed E-state index contributed by atoms with van der Waals surface area (Å²) >= 11 is 0. The summed E-state index contributed by atoms with van der Waals surface area (Å²) in [5.41, 5.74) is 12.5. The minimum Gasteiger partial charge on any atom is -0.399 e. The van der Waals surface area contributed by atoms with Gasteiger partial charge in [0.15, 0.2) is 0 Å². The molecule has 1 nitrogen and oxygen atoms in total. The zero-order chi connectivity index (χ0) is 15.4. The largest absolute Gasteiger partial charge is 0.399 e. The van der Waals surface area contributed by atoms with Crippen molar-refractivity contribution in [3.05, 3.63) is 64.7 Å². The number of benzene rings is 2. The fourth-order valence-corrected chi connectivity index (χ4v) is 3.65. The Morgan fingerprint density at radius 2 is 1.59 bits per heavy atom. The molecule has 1 fully saturated rings. The first-order valence-corrected chi connectivity index (χ1v) is 8.72. The van der Waals surface area contributed by atoms with E-state index in [9.17, 15) is 0 Å². The van der Waals surface area contributed by atoms with Gasteiger partial charge in [-0.25, -0.2) is 0 Å². The third-order valence-electron chi connectivity index (χ3n) is 5.05. The standard InChI is InChI=1S/C21H27N/c1-2-18-15-17(10-13-21(18)22)14-16-8-11-20(12-9-16)19-6-4-3-5-7-19/h8-13,15,19H,2-7,14,22H2,1H3. The van der Waals surface area contributed by atoms with Crippen molar-refractivity contribution >= 4 is 5.69 Å². The third-order valence-corrected chi connectivity index (χ3v) is 5.05. The average Bonchev–Trinajstić information content (AvgIpc) is 2.58. The summed E-state index contributed by atoms with van der Waals surface area (Å²) < 4.78 is 0. The Kier molecular flexibility index (Phi) is 4.82. The number of nitrogen functional groups attached to an aromatic ring is 1. The van der Waals surface area contributed by atoms with Gasteiger partial charge < -0.3 is 5.73 Å². The molecule has 0 atom stereocenters. The van der Waals surface area contributed by atoms with Crippen LogP contribution in [0.1, 0.15) is 67.2 Å². The molecule has 0 spiro atoms. The number of aryl methyl sites for hydroxylation is 1. The highest BCUT2D eigenvalue weighted by molar-refractivity contribution is 5.49. The van der Waals surface area contributed by atoms with E-state index in [4.69, 9.17) is 5.73 Å². The molecule has 0 heterocycles. The molecule has 0 unspecified atom stereocenters. The first-order valence-electron chi connectivity index (χ1n) is 8.72. The number of anilines is 1. The van der Waals surface area contributed by atoms with Crippen molar-refractivity contribution in [2.45, 2.75) is 57.8 Å². The normalized spacial score (nSPS) is 15.9. The van der Waals surface area contributed by atoms with Gasteiger partial charge in [0.05, 0.1) is 0 Å². The van der Waals surface area contributed by atoms with Crippen LogP contribution < -0.4 is 5.73 Å². The lowest BCUT2D eigenvalue weighted by Crippen LogP contribution is -2.04. The maximum atomic E-state index is 6.00. The SMILES string of the molecule is CCc1cc(Cc2ccc(C3CCCCC3)cc2)ccc1N. The van der Waals surface area contributed by atoms with Crippen LogP contribution in [0.15, 0.2) is 42.5 Å². The minimum atomic E-state index is 0.797. The molecule has 0 bridgehead atoms. The van der Waals surface area contributed by atoms with E-state index >= 15 is 0 Å². The summed E-state index contributed by atoms with van der Waals surface area (Å²) in [6, 6.07) is 15.8. The summed E-state index contributed by atoms with van der Waals surface area (Å²) in [5.74, 6) is 0.797. The van der Waals surface area contributed by atoms with Crippen LogP contribution >= 0.6 is 0 Å². The van der Waals surface area contributed by atoms with Gasteiger partial charge in [-0.2, -0.15) is 0 Å². The fraction of sp³-hybridized carbons (Fsp3) is 0.429. The third kappa shape index (κ3) is 3.52. The van der Waals surface area contributed by atoms with E-state index in [2.05, 4.69) is 43.3 Å². The summed E-state index contributed by atoms with van der Waals surface area (Å²) in [4.78, 5) is 0. The molecule has 0 aliphatic heterocycles. The van der Waals surface area contributed by atoms with E-state index in [0.717, 1.165) is 24.4 Å². The first kappa shape index (κ1) is 15.1. The molecule has 3 rings (SSSR count). The van der Waals surface area contributed by atoms with E-state index in [-0.39, 0.29) is 0 Å². The molecule has 1 aliphatic carbocycles. The molecule has 0 saturated heterocycles. The van der Waals surface area contributed by atoms with Crippen LogP contribution in [0.2, 0.25) is 0 Å². The molecule has 1 saturated carbocycles. The predicted molar refractivity (Wildman–Crippen MR) is 95.3 cm³/mol. The predicted octanol–water partition coefficient (Wildman–Crippen LogP) is 5.47. The average molecular weight is 293 g/mol. The lowest BCUT2D eigenvalue weighted by Gasteiger charge is -2.22. The van der Waals surface area contributed by atoms with Gasteiger partial charge in [0, 0.05) is 5.69 Å². The lowest BCUT2D eigenvalue weighted by atomic mass is 9.84. The van der Waals surface area contributed by atoms with Gasteiger partial charge in [0.2, 0.25) is 0 Å². The quantitative estimate of drug-likeness (QED) is 0.743. The van der Waals surface area contributed by atoms with Crippen LogP contribution in [0.4, 0.5) is 5.69 Å². The molecule has 1 aliphatic rings.